The second-order valence-electron chi connectivity index (χ2n) is 5.59. The van der Waals surface area contributed by atoms with Crippen LogP contribution in [0.5, 0.6) is 0 Å². The van der Waals surface area contributed by atoms with Gasteiger partial charge in [-0.1, -0.05) is 71.8 Å². The zero-order chi connectivity index (χ0) is 14.2. The number of unbranched alkanes of at least 4 members (excludes halogenated alkanes) is 7. The number of allylic oxidation sites excluding steroid dienone is 1. The summed E-state index contributed by atoms with van der Waals surface area (Å²) in [6.07, 6.45) is 20.2. The molecule has 1 atom stereocenters. The van der Waals surface area contributed by atoms with Gasteiger partial charge in [0.05, 0.1) is 12.4 Å². The van der Waals surface area contributed by atoms with E-state index in [-0.39, 0.29) is 0 Å². The molecule has 0 saturated heterocycles. The molecule has 0 N–H and O–H groups in total. The van der Waals surface area contributed by atoms with Crippen molar-refractivity contribution in [3.63, 3.8) is 0 Å². The van der Waals surface area contributed by atoms with E-state index in [0.717, 1.165) is 6.42 Å². The molecule has 0 aromatic carbocycles. The normalized spacial score (nSPS) is 13.0. The van der Waals surface area contributed by atoms with Crippen LogP contribution in [0.15, 0.2) is 12.3 Å². The van der Waals surface area contributed by atoms with E-state index in [1.54, 1.807) is 0 Å². The molecular weight excluding hydrogens is 232 g/mol. The predicted molar refractivity (Wildman–Crippen MR) is 86.4 cm³/mol. The van der Waals surface area contributed by atoms with Gasteiger partial charge in [-0.3, -0.25) is 0 Å². The number of hydrogen-bond donors (Lipinski definition) is 0. The van der Waals surface area contributed by atoms with Crippen molar-refractivity contribution in [2.24, 2.45) is 0 Å². The highest BCUT2D eigenvalue weighted by molar-refractivity contribution is 4.73. The lowest BCUT2D eigenvalue weighted by atomic mass is 10.0. The molecular formula is C18H36O. The van der Waals surface area contributed by atoms with Crippen molar-refractivity contribution in [1.82, 2.24) is 0 Å². The van der Waals surface area contributed by atoms with Crippen molar-refractivity contribution >= 4 is 0 Å². The third-order valence-corrected chi connectivity index (χ3v) is 3.61. The molecule has 0 bridgehead atoms. The van der Waals surface area contributed by atoms with Gasteiger partial charge in [0.2, 0.25) is 0 Å². The minimum atomic E-state index is 0.460. The zero-order valence-corrected chi connectivity index (χ0v) is 13.6. The topological polar surface area (TPSA) is 9.23 Å². The first-order valence-electron chi connectivity index (χ1n) is 8.65. The molecule has 0 aromatic heterocycles. The Labute approximate surface area is 121 Å². The summed E-state index contributed by atoms with van der Waals surface area (Å²) in [4.78, 5) is 0. The molecule has 114 valence electrons. The lowest BCUT2D eigenvalue weighted by Gasteiger charge is -2.16. The highest BCUT2D eigenvalue weighted by Gasteiger charge is 2.07. The summed E-state index contributed by atoms with van der Waals surface area (Å²) in [5.41, 5.74) is 0. The van der Waals surface area contributed by atoms with Crippen LogP contribution in [-0.2, 0) is 4.74 Å². The molecule has 0 aromatic rings. The maximum atomic E-state index is 5.89. The van der Waals surface area contributed by atoms with Crippen LogP contribution < -0.4 is 0 Å². The molecule has 0 spiro atoms. The van der Waals surface area contributed by atoms with Crippen LogP contribution in [0, 0.1) is 0 Å². The van der Waals surface area contributed by atoms with Crippen molar-refractivity contribution in [2.45, 2.75) is 104 Å². The maximum absolute atomic E-state index is 5.89. The molecule has 0 aliphatic carbocycles. The second kappa shape index (κ2) is 15.6. The number of hydrogen-bond acceptors (Lipinski definition) is 1. The monoisotopic (exact) mass is 268 g/mol. The van der Waals surface area contributed by atoms with E-state index < -0.39 is 0 Å². The fourth-order valence-electron chi connectivity index (χ4n) is 2.32. The third kappa shape index (κ3) is 13.8. The molecule has 0 aliphatic rings. The van der Waals surface area contributed by atoms with Crippen molar-refractivity contribution in [2.75, 3.05) is 0 Å². The lowest BCUT2D eigenvalue weighted by Crippen LogP contribution is -2.09. The zero-order valence-electron chi connectivity index (χ0n) is 13.6. The quantitative estimate of drug-likeness (QED) is 0.254. The van der Waals surface area contributed by atoms with Crippen LogP contribution in [-0.4, -0.2) is 6.10 Å². The van der Waals surface area contributed by atoms with E-state index in [9.17, 15) is 0 Å². The van der Waals surface area contributed by atoms with Crippen LogP contribution in [0.3, 0.4) is 0 Å². The van der Waals surface area contributed by atoms with E-state index in [4.69, 9.17) is 4.74 Å². The summed E-state index contributed by atoms with van der Waals surface area (Å²) in [5.74, 6) is 0. The predicted octanol–water partition coefficient (Wildman–Crippen LogP) is 6.63. The Bertz CT molecular complexity index is 186. The van der Waals surface area contributed by atoms with Crippen molar-refractivity contribution in [3.8, 4) is 0 Å². The molecule has 1 nitrogen and oxygen atoms in total. The summed E-state index contributed by atoms with van der Waals surface area (Å²) >= 11 is 0. The maximum Gasteiger partial charge on any atom is 0.0978 e. The Balaban J connectivity index is 3.72. The molecule has 19 heavy (non-hydrogen) atoms. The van der Waals surface area contributed by atoms with Gasteiger partial charge in [-0.15, -0.1) is 0 Å². The van der Waals surface area contributed by atoms with Crippen LogP contribution in [0.1, 0.15) is 97.8 Å². The molecule has 0 heterocycles. The molecule has 1 heteroatoms. The lowest BCUT2D eigenvalue weighted by molar-refractivity contribution is 0.120. The molecule has 0 saturated carbocycles. The van der Waals surface area contributed by atoms with Gasteiger partial charge in [-0.05, 0) is 32.1 Å². The minimum Gasteiger partial charge on any atom is -0.498 e. The van der Waals surface area contributed by atoms with E-state index in [1.807, 2.05) is 6.26 Å². The fraction of sp³-hybridized carbons (Fsp3) is 0.889. The second-order valence-corrected chi connectivity index (χ2v) is 5.59. The third-order valence-electron chi connectivity index (χ3n) is 3.61. The van der Waals surface area contributed by atoms with Gasteiger partial charge in [-0.2, -0.15) is 0 Å². The van der Waals surface area contributed by atoms with E-state index >= 15 is 0 Å². The smallest absolute Gasteiger partial charge is 0.0978 e. The van der Waals surface area contributed by atoms with Crippen molar-refractivity contribution < 1.29 is 4.74 Å². The van der Waals surface area contributed by atoms with Gasteiger partial charge < -0.3 is 4.74 Å². The van der Waals surface area contributed by atoms with Crippen molar-refractivity contribution in [1.29, 1.82) is 0 Å². The first-order valence-corrected chi connectivity index (χ1v) is 8.65. The molecule has 0 fully saturated rings. The van der Waals surface area contributed by atoms with Gasteiger partial charge >= 0.3 is 0 Å². The van der Waals surface area contributed by atoms with Crippen LogP contribution in [0.2, 0.25) is 0 Å². The summed E-state index contributed by atoms with van der Waals surface area (Å²) in [6, 6.07) is 0. The molecule has 1 unspecified atom stereocenters. The molecule has 0 amide bonds. The van der Waals surface area contributed by atoms with E-state index in [0.29, 0.717) is 6.10 Å². The van der Waals surface area contributed by atoms with E-state index in [1.165, 1.54) is 70.6 Å². The first-order chi connectivity index (χ1) is 9.35. The van der Waals surface area contributed by atoms with Gasteiger partial charge in [0.15, 0.2) is 0 Å². The van der Waals surface area contributed by atoms with Crippen molar-refractivity contribution in [3.05, 3.63) is 12.3 Å². The Kier molecular flexibility index (Phi) is 15.2. The Morgan fingerprint density at radius 2 is 1.26 bits per heavy atom. The Hall–Kier alpha value is -0.460. The summed E-state index contributed by atoms with van der Waals surface area (Å²) < 4.78 is 5.89. The van der Waals surface area contributed by atoms with Crippen LogP contribution in [0.4, 0.5) is 0 Å². The van der Waals surface area contributed by atoms with Gasteiger partial charge in [0, 0.05) is 0 Å². The van der Waals surface area contributed by atoms with E-state index in [2.05, 4.69) is 26.8 Å². The highest BCUT2D eigenvalue weighted by Crippen LogP contribution is 2.16. The average molecular weight is 268 g/mol. The van der Waals surface area contributed by atoms with Gasteiger partial charge in [0.1, 0.15) is 0 Å². The number of ether oxygens (including phenoxy) is 1. The van der Waals surface area contributed by atoms with Gasteiger partial charge in [-0.25, -0.2) is 0 Å². The standard InChI is InChI=1S/C18H36O/c1-4-7-10-12-14-16-18(19-17-9-6-3)15-13-11-8-5-2/h9,17-18H,4-8,10-16H2,1-3H3/b17-9+. The van der Waals surface area contributed by atoms with Crippen LogP contribution >= 0.6 is 0 Å². The molecule has 0 aliphatic heterocycles. The minimum absolute atomic E-state index is 0.460. The van der Waals surface area contributed by atoms with Gasteiger partial charge in [0.25, 0.3) is 0 Å². The largest absolute Gasteiger partial charge is 0.498 e. The molecule has 0 rings (SSSR count). The molecule has 0 radical (unpaired) electrons. The fourth-order valence-corrected chi connectivity index (χ4v) is 2.32. The highest BCUT2D eigenvalue weighted by atomic mass is 16.5. The Morgan fingerprint density at radius 3 is 1.79 bits per heavy atom. The van der Waals surface area contributed by atoms with Crippen LogP contribution in [0.25, 0.3) is 0 Å². The summed E-state index contributed by atoms with van der Waals surface area (Å²) in [7, 11) is 0. The SMILES string of the molecule is CC/C=C/OC(CCCCCC)CCCCCCC. The number of rotatable bonds is 14. The average Bonchev–Trinajstić information content (AvgIpc) is 2.42. The summed E-state index contributed by atoms with van der Waals surface area (Å²) in [6.45, 7) is 6.70. The summed E-state index contributed by atoms with van der Waals surface area (Å²) in [5, 5.41) is 0. The Morgan fingerprint density at radius 1 is 0.737 bits per heavy atom. The first kappa shape index (κ1) is 18.5.